The molecule has 132 valence electrons. The normalized spacial score (nSPS) is 32.0. The summed E-state index contributed by atoms with van der Waals surface area (Å²) in [6.07, 6.45) is 11.0. The Hall–Kier alpha value is -1.29. The van der Waals surface area contributed by atoms with Crippen LogP contribution in [0.25, 0.3) is 0 Å². The molecule has 0 radical (unpaired) electrons. The average Bonchev–Trinajstić information content (AvgIpc) is 3.17. The number of hydrogen-bond donors (Lipinski definition) is 1. The van der Waals surface area contributed by atoms with E-state index in [1.807, 2.05) is 4.90 Å². The van der Waals surface area contributed by atoms with E-state index in [0.717, 1.165) is 43.7 Å². The van der Waals surface area contributed by atoms with Crippen LogP contribution in [0.4, 0.5) is 0 Å². The first kappa shape index (κ1) is 16.2. The summed E-state index contributed by atoms with van der Waals surface area (Å²) in [7, 11) is 0. The first-order valence-corrected chi connectivity index (χ1v) is 9.79. The van der Waals surface area contributed by atoms with Gasteiger partial charge in [-0.25, -0.2) is 0 Å². The fraction of sp³-hybridized carbons (Fsp3) is 0.750. The molecule has 2 atom stereocenters. The minimum Gasteiger partial charge on any atom is -0.459 e. The number of carbonyl (C=O) groups is 1. The highest BCUT2D eigenvalue weighted by molar-refractivity contribution is 5.91. The molecule has 0 spiro atoms. The minimum absolute atomic E-state index is 0.0380. The maximum Gasteiger partial charge on any atom is 0.289 e. The molecule has 2 heterocycles. The van der Waals surface area contributed by atoms with Gasteiger partial charge >= 0.3 is 0 Å². The van der Waals surface area contributed by atoms with Crippen LogP contribution < -0.4 is 5.32 Å². The van der Waals surface area contributed by atoms with E-state index >= 15 is 0 Å². The van der Waals surface area contributed by atoms with Crippen LogP contribution in [0.3, 0.4) is 0 Å². The lowest BCUT2D eigenvalue weighted by atomic mass is 9.63. The number of nitrogens with zero attached hydrogens (tertiary/aromatic N) is 1. The summed E-state index contributed by atoms with van der Waals surface area (Å²) < 4.78 is 5.24. The zero-order valence-electron chi connectivity index (χ0n) is 14.7. The number of carbonyl (C=O) groups excluding carboxylic acids is 1. The molecule has 4 fully saturated rings. The van der Waals surface area contributed by atoms with Crippen molar-refractivity contribution in [3.05, 3.63) is 24.2 Å². The van der Waals surface area contributed by atoms with Gasteiger partial charge in [0.1, 0.15) is 0 Å². The van der Waals surface area contributed by atoms with Crippen molar-refractivity contribution in [2.75, 3.05) is 13.1 Å². The summed E-state index contributed by atoms with van der Waals surface area (Å²) in [4.78, 5) is 14.3. The SMILES string of the molecule is CC(NC1CCN(C(=O)c2ccco2)CC1)C1CC2CCC1CC2. The van der Waals surface area contributed by atoms with E-state index in [1.165, 1.54) is 32.1 Å². The molecule has 24 heavy (non-hydrogen) atoms. The van der Waals surface area contributed by atoms with Crippen molar-refractivity contribution in [2.24, 2.45) is 17.8 Å². The summed E-state index contributed by atoms with van der Waals surface area (Å²) in [6.45, 7) is 4.06. The van der Waals surface area contributed by atoms with E-state index in [-0.39, 0.29) is 5.91 Å². The van der Waals surface area contributed by atoms with Crippen LogP contribution in [0.2, 0.25) is 0 Å². The fourth-order valence-electron chi connectivity index (χ4n) is 5.34. The molecular weight excluding hydrogens is 300 g/mol. The number of furan rings is 1. The molecule has 4 nitrogen and oxygen atoms in total. The Morgan fingerprint density at radius 1 is 1.21 bits per heavy atom. The Kier molecular flexibility index (Phi) is 4.66. The van der Waals surface area contributed by atoms with Gasteiger partial charge < -0.3 is 14.6 Å². The summed E-state index contributed by atoms with van der Waals surface area (Å²) in [5, 5.41) is 3.91. The van der Waals surface area contributed by atoms with Crippen molar-refractivity contribution in [2.45, 2.75) is 64.0 Å². The predicted octanol–water partition coefficient (Wildman–Crippen LogP) is 3.69. The van der Waals surface area contributed by atoms with Crippen molar-refractivity contribution in [3.63, 3.8) is 0 Å². The lowest BCUT2D eigenvalue weighted by molar-refractivity contribution is 0.0593. The first-order chi connectivity index (χ1) is 11.7. The lowest BCUT2D eigenvalue weighted by Gasteiger charge is -2.46. The zero-order chi connectivity index (χ0) is 16.5. The number of rotatable bonds is 4. The van der Waals surface area contributed by atoms with Gasteiger partial charge in [-0.2, -0.15) is 0 Å². The average molecular weight is 330 g/mol. The minimum atomic E-state index is 0.0380. The molecule has 3 saturated carbocycles. The second-order valence-electron chi connectivity index (χ2n) is 8.18. The van der Waals surface area contributed by atoms with Crippen LogP contribution in [0.15, 0.2) is 22.8 Å². The topological polar surface area (TPSA) is 45.5 Å². The second-order valence-corrected chi connectivity index (χ2v) is 8.18. The van der Waals surface area contributed by atoms with Gasteiger partial charge in [-0.3, -0.25) is 4.79 Å². The standard InChI is InChI=1S/C20H30N2O2/c1-14(18-13-15-4-6-16(18)7-5-15)21-17-8-10-22(11-9-17)20(23)19-3-2-12-24-19/h2-3,12,14-18,21H,4-11,13H2,1H3. The number of amides is 1. The molecule has 1 N–H and O–H groups in total. The molecule has 2 bridgehead atoms. The van der Waals surface area contributed by atoms with Crippen LogP contribution in [0, 0.1) is 17.8 Å². The van der Waals surface area contributed by atoms with Crippen molar-refractivity contribution >= 4 is 5.91 Å². The van der Waals surface area contributed by atoms with Gasteiger partial charge in [0, 0.05) is 25.2 Å². The number of likely N-dealkylation sites (tertiary alicyclic amines) is 1. The van der Waals surface area contributed by atoms with Gasteiger partial charge in [0.15, 0.2) is 5.76 Å². The third kappa shape index (κ3) is 3.26. The van der Waals surface area contributed by atoms with Gasteiger partial charge in [0.25, 0.3) is 5.91 Å². The smallest absolute Gasteiger partial charge is 0.289 e. The van der Waals surface area contributed by atoms with Gasteiger partial charge in [-0.15, -0.1) is 0 Å². The number of piperidine rings is 1. The highest BCUT2D eigenvalue weighted by Gasteiger charge is 2.38. The molecule has 0 aromatic carbocycles. The van der Waals surface area contributed by atoms with Gasteiger partial charge in [0.2, 0.25) is 0 Å². The van der Waals surface area contributed by atoms with Crippen LogP contribution in [-0.2, 0) is 0 Å². The van der Waals surface area contributed by atoms with E-state index in [9.17, 15) is 4.79 Å². The Labute approximate surface area is 145 Å². The lowest BCUT2D eigenvalue weighted by Crippen LogP contribution is -2.51. The van der Waals surface area contributed by atoms with Gasteiger partial charge in [-0.1, -0.05) is 12.8 Å². The van der Waals surface area contributed by atoms with Crippen molar-refractivity contribution in [1.82, 2.24) is 10.2 Å². The summed E-state index contributed by atoms with van der Waals surface area (Å²) in [5.74, 6) is 3.33. The molecule has 5 rings (SSSR count). The fourth-order valence-corrected chi connectivity index (χ4v) is 5.34. The third-order valence-corrected chi connectivity index (χ3v) is 6.76. The molecule has 1 amide bonds. The van der Waals surface area contributed by atoms with E-state index in [4.69, 9.17) is 4.42 Å². The molecule has 1 aromatic rings. The number of hydrogen-bond acceptors (Lipinski definition) is 3. The van der Waals surface area contributed by atoms with E-state index in [0.29, 0.717) is 17.8 Å². The summed E-state index contributed by atoms with van der Waals surface area (Å²) in [5.41, 5.74) is 0. The summed E-state index contributed by atoms with van der Waals surface area (Å²) >= 11 is 0. The van der Waals surface area contributed by atoms with Crippen LogP contribution in [0.1, 0.15) is 62.4 Å². The summed E-state index contributed by atoms with van der Waals surface area (Å²) in [6, 6.07) is 4.71. The Balaban J connectivity index is 1.26. The molecular formula is C20H30N2O2. The van der Waals surface area contributed by atoms with Crippen molar-refractivity contribution in [3.8, 4) is 0 Å². The first-order valence-electron chi connectivity index (χ1n) is 9.79. The molecule has 1 aliphatic heterocycles. The Morgan fingerprint density at radius 2 is 1.96 bits per heavy atom. The van der Waals surface area contributed by atoms with Gasteiger partial charge in [-0.05, 0) is 68.9 Å². The Morgan fingerprint density at radius 3 is 2.54 bits per heavy atom. The maximum absolute atomic E-state index is 12.3. The molecule has 3 aliphatic carbocycles. The largest absolute Gasteiger partial charge is 0.459 e. The highest BCUT2D eigenvalue weighted by Crippen LogP contribution is 2.46. The highest BCUT2D eigenvalue weighted by atomic mass is 16.3. The number of nitrogens with one attached hydrogen (secondary N) is 1. The van der Waals surface area contributed by atoms with Crippen LogP contribution >= 0.6 is 0 Å². The molecule has 4 aliphatic rings. The van der Waals surface area contributed by atoms with Crippen LogP contribution in [-0.4, -0.2) is 36.0 Å². The molecule has 1 saturated heterocycles. The molecule has 4 heteroatoms. The maximum atomic E-state index is 12.3. The quantitative estimate of drug-likeness (QED) is 0.916. The molecule has 1 aromatic heterocycles. The van der Waals surface area contributed by atoms with E-state index < -0.39 is 0 Å². The van der Waals surface area contributed by atoms with E-state index in [2.05, 4.69) is 12.2 Å². The number of fused-ring (bicyclic) bond motifs is 3. The Bertz CT molecular complexity index is 540. The monoisotopic (exact) mass is 330 g/mol. The predicted molar refractivity (Wildman–Crippen MR) is 93.8 cm³/mol. The van der Waals surface area contributed by atoms with E-state index in [1.54, 1.807) is 18.4 Å². The third-order valence-electron chi connectivity index (χ3n) is 6.76. The van der Waals surface area contributed by atoms with Gasteiger partial charge in [0.05, 0.1) is 6.26 Å². The van der Waals surface area contributed by atoms with Crippen LogP contribution in [0.5, 0.6) is 0 Å². The van der Waals surface area contributed by atoms with Crippen molar-refractivity contribution in [1.29, 1.82) is 0 Å². The molecule has 2 unspecified atom stereocenters. The second kappa shape index (κ2) is 6.91. The zero-order valence-corrected chi connectivity index (χ0v) is 14.7. The van der Waals surface area contributed by atoms with Crippen molar-refractivity contribution < 1.29 is 9.21 Å².